The number of amides is 1. The van der Waals surface area contributed by atoms with E-state index in [0.717, 1.165) is 49.5 Å². The van der Waals surface area contributed by atoms with Crippen LogP contribution in [0.3, 0.4) is 0 Å². The third kappa shape index (κ3) is 5.41. The predicted molar refractivity (Wildman–Crippen MR) is 178 cm³/mol. The Bertz CT molecular complexity index is 1980. The van der Waals surface area contributed by atoms with Crippen LogP contribution in [0, 0.1) is 18.7 Å². The van der Waals surface area contributed by atoms with Crippen LogP contribution in [0.15, 0.2) is 36.9 Å². The molecule has 3 unspecified atom stereocenters. The first-order valence-electron chi connectivity index (χ1n) is 16.3. The average Bonchev–Trinajstić information content (AvgIpc) is 3.90. The van der Waals surface area contributed by atoms with Gasteiger partial charge in [-0.2, -0.15) is 9.78 Å². The van der Waals surface area contributed by atoms with Crippen molar-refractivity contribution in [2.75, 3.05) is 30.3 Å². The van der Waals surface area contributed by atoms with Crippen molar-refractivity contribution < 1.29 is 13.9 Å². The Labute approximate surface area is 280 Å². The molecule has 0 radical (unpaired) electrons. The fourth-order valence-corrected chi connectivity index (χ4v) is 8.43. The number of aryl methyl sites for hydroxylation is 1. The topological polar surface area (TPSA) is 158 Å². The van der Waals surface area contributed by atoms with Crippen LogP contribution in [-0.4, -0.2) is 94.5 Å². The third-order valence-corrected chi connectivity index (χ3v) is 10.8. The van der Waals surface area contributed by atoms with Gasteiger partial charge in [0.2, 0.25) is 5.88 Å². The van der Waals surface area contributed by atoms with E-state index in [9.17, 15) is 4.79 Å². The van der Waals surface area contributed by atoms with Gasteiger partial charge in [-0.1, -0.05) is 6.07 Å². The molecule has 14 nitrogen and oxygen atoms in total. The van der Waals surface area contributed by atoms with Crippen LogP contribution in [0.1, 0.15) is 54.2 Å². The molecule has 4 aromatic heterocycles. The second kappa shape index (κ2) is 12.1. The first-order chi connectivity index (χ1) is 23.2. The van der Waals surface area contributed by atoms with E-state index in [2.05, 4.69) is 59.6 Å². The van der Waals surface area contributed by atoms with Crippen molar-refractivity contribution in [1.82, 2.24) is 50.0 Å². The maximum absolute atomic E-state index is 15.2. The first-order valence-corrected chi connectivity index (χ1v) is 17.2. The molecule has 5 aromatic rings. The number of halogens is 1. The second-order valence-corrected chi connectivity index (χ2v) is 14.4. The van der Waals surface area contributed by atoms with Crippen molar-refractivity contribution in [3.63, 3.8) is 0 Å². The molecule has 2 bridgehead atoms. The highest BCUT2D eigenvalue weighted by Crippen LogP contribution is 2.42. The Morgan fingerprint density at radius 3 is 2.81 bits per heavy atom. The number of nitrogens with zero attached hydrogens (tertiary/aromatic N) is 10. The average molecular weight is 673 g/mol. The zero-order valence-corrected chi connectivity index (χ0v) is 27.8. The molecule has 1 saturated carbocycles. The van der Waals surface area contributed by atoms with Crippen molar-refractivity contribution in [1.29, 1.82) is 0 Å². The number of nitrogen functional groups attached to an aromatic ring is 1. The largest absolute Gasteiger partial charge is 0.473 e. The monoisotopic (exact) mass is 672 g/mol. The lowest BCUT2D eigenvalue weighted by Crippen LogP contribution is -2.47. The van der Waals surface area contributed by atoms with Crippen LogP contribution < -0.4 is 20.7 Å². The lowest BCUT2D eigenvalue weighted by Gasteiger charge is -2.34. The lowest BCUT2D eigenvalue weighted by atomic mass is 10.0. The molecule has 8 rings (SSSR count). The van der Waals surface area contributed by atoms with Gasteiger partial charge in [0.1, 0.15) is 35.8 Å². The number of tetrazole rings is 1. The van der Waals surface area contributed by atoms with Gasteiger partial charge < -0.3 is 20.7 Å². The predicted octanol–water partition coefficient (Wildman–Crippen LogP) is 3.51. The SMILES string of the molecule is Cc1nc(OC2CC3CC2CN3C(C)C)c(C(=O)N[C@@H]2CCCN(c3cc(-c4ccc(-n5cnnn5)c(F)c4)n4ncnc(N)c34)C2)s1. The van der Waals surface area contributed by atoms with E-state index in [-0.39, 0.29) is 23.7 Å². The minimum absolute atomic E-state index is 0.0810. The fourth-order valence-electron chi connectivity index (χ4n) is 7.68. The molecule has 3 fully saturated rings. The molecular weight excluding hydrogens is 635 g/mol. The molecule has 3 aliphatic rings. The van der Waals surface area contributed by atoms with Gasteiger partial charge in [0.05, 0.1) is 16.4 Å². The van der Waals surface area contributed by atoms with E-state index >= 15 is 4.39 Å². The summed E-state index contributed by atoms with van der Waals surface area (Å²) in [6.07, 6.45) is 6.58. The molecule has 16 heteroatoms. The van der Waals surface area contributed by atoms with Crippen molar-refractivity contribution in [3.05, 3.63) is 52.6 Å². The minimum Gasteiger partial charge on any atom is -0.473 e. The van der Waals surface area contributed by atoms with E-state index < -0.39 is 5.82 Å². The molecule has 1 amide bonds. The molecule has 250 valence electrons. The number of carbonyl (C=O) groups excluding carboxylic acids is 1. The quantitative estimate of drug-likeness (QED) is 0.249. The van der Waals surface area contributed by atoms with Gasteiger partial charge in [-0.25, -0.2) is 18.9 Å². The molecule has 2 saturated heterocycles. The molecule has 3 N–H and O–H groups in total. The molecule has 48 heavy (non-hydrogen) atoms. The number of hydrogen-bond donors (Lipinski definition) is 2. The van der Waals surface area contributed by atoms with E-state index in [1.54, 1.807) is 16.6 Å². The van der Waals surface area contributed by atoms with Crippen LogP contribution in [-0.2, 0) is 0 Å². The van der Waals surface area contributed by atoms with Crippen LogP contribution in [0.4, 0.5) is 15.9 Å². The van der Waals surface area contributed by atoms with Gasteiger partial charge in [-0.3, -0.25) is 9.69 Å². The number of hydrogen-bond acceptors (Lipinski definition) is 12. The number of nitrogens with one attached hydrogen (secondary N) is 1. The van der Waals surface area contributed by atoms with Gasteiger partial charge in [-0.05, 0) is 68.7 Å². The van der Waals surface area contributed by atoms with Crippen molar-refractivity contribution in [2.24, 2.45) is 5.92 Å². The van der Waals surface area contributed by atoms with Gasteiger partial charge in [0.15, 0.2) is 10.7 Å². The maximum Gasteiger partial charge on any atom is 0.267 e. The van der Waals surface area contributed by atoms with E-state index in [0.29, 0.717) is 57.9 Å². The zero-order valence-electron chi connectivity index (χ0n) is 27.0. The van der Waals surface area contributed by atoms with Gasteiger partial charge in [0.25, 0.3) is 5.91 Å². The normalized spacial score (nSPS) is 22.6. The van der Waals surface area contributed by atoms with Gasteiger partial charge >= 0.3 is 0 Å². The van der Waals surface area contributed by atoms with E-state index in [1.807, 2.05) is 13.0 Å². The summed E-state index contributed by atoms with van der Waals surface area (Å²) >= 11 is 1.37. The Morgan fingerprint density at radius 1 is 1.19 bits per heavy atom. The standard InChI is InChI=1S/C32H37FN12O2S/c1-17(2)43-13-20-9-22(43)11-27(20)47-32-29(48-18(3)38-32)31(46)39-21-5-4-8-42(14-21)26-12-25(45-28(26)30(34)35-15-37-45)19-6-7-24(23(33)10-19)44-16-36-40-41-44/h6-7,10,12,15-17,20-22,27H,4-5,8-9,11,13-14H2,1-3H3,(H,39,46)(H2,34,35,37)/t20?,21-,22?,27?/m1/s1. The Balaban J connectivity index is 1.01. The smallest absolute Gasteiger partial charge is 0.267 e. The number of nitrogens with two attached hydrogens (primary N) is 1. The summed E-state index contributed by atoms with van der Waals surface area (Å²) in [5.74, 6) is 0.558. The molecule has 1 aliphatic carbocycles. The van der Waals surface area contributed by atoms with E-state index in [4.69, 9.17) is 10.5 Å². The van der Waals surface area contributed by atoms with Crippen LogP contribution in [0.5, 0.6) is 5.88 Å². The number of rotatable bonds is 8. The number of carbonyl (C=O) groups is 1. The Morgan fingerprint density at radius 2 is 2.06 bits per heavy atom. The van der Waals surface area contributed by atoms with Gasteiger partial charge in [0, 0.05) is 55.7 Å². The number of benzene rings is 1. The molecule has 2 aliphatic heterocycles. The molecule has 1 aromatic carbocycles. The number of aromatic nitrogens is 8. The third-order valence-electron chi connectivity index (χ3n) is 9.85. The highest BCUT2D eigenvalue weighted by Gasteiger charge is 2.47. The highest BCUT2D eigenvalue weighted by molar-refractivity contribution is 7.13. The molecule has 4 atom stereocenters. The van der Waals surface area contributed by atoms with Crippen molar-refractivity contribution >= 4 is 34.3 Å². The zero-order chi connectivity index (χ0) is 33.1. The summed E-state index contributed by atoms with van der Waals surface area (Å²) in [6.45, 7) is 8.73. The highest BCUT2D eigenvalue weighted by atomic mass is 32.1. The summed E-state index contributed by atoms with van der Waals surface area (Å²) in [6, 6.07) is 7.72. The van der Waals surface area contributed by atoms with Crippen molar-refractivity contribution in [3.8, 4) is 22.8 Å². The number of thiazole rings is 1. The number of fused-ring (bicyclic) bond motifs is 3. The maximum atomic E-state index is 15.2. The lowest BCUT2D eigenvalue weighted by molar-refractivity contribution is 0.0727. The van der Waals surface area contributed by atoms with Crippen LogP contribution in [0.25, 0.3) is 22.5 Å². The van der Waals surface area contributed by atoms with Crippen LogP contribution >= 0.6 is 11.3 Å². The minimum atomic E-state index is -0.487. The Hall–Kier alpha value is -4.70. The number of anilines is 2. The second-order valence-electron chi connectivity index (χ2n) is 13.2. The molecular formula is C32H37FN12O2S. The number of piperidine rings is 2. The van der Waals surface area contributed by atoms with Gasteiger partial charge in [-0.15, -0.1) is 16.4 Å². The molecule has 0 spiro atoms. The number of ether oxygens (including phenoxy) is 1. The summed E-state index contributed by atoms with van der Waals surface area (Å²) in [7, 11) is 0. The Kier molecular flexibility index (Phi) is 7.70. The summed E-state index contributed by atoms with van der Waals surface area (Å²) in [5, 5.41) is 19.5. The summed E-state index contributed by atoms with van der Waals surface area (Å²) in [5.41, 5.74) is 9.33. The van der Waals surface area contributed by atoms with E-state index in [1.165, 1.54) is 34.7 Å². The fraction of sp³-hybridized carbons (Fsp3) is 0.469. The molecule has 6 heterocycles. The number of likely N-dealkylation sites (tertiary alicyclic amines) is 1. The summed E-state index contributed by atoms with van der Waals surface area (Å²) in [4.78, 5) is 27.9. The van der Waals surface area contributed by atoms with Crippen LogP contribution in [0.2, 0.25) is 0 Å². The first kappa shape index (κ1) is 30.6. The summed E-state index contributed by atoms with van der Waals surface area (Å²) < 4.78 is 24.7. The van der Waals surface area contributed by atoms with Crippen molar-refractivity contribution in [2.45, 2.75) is 70.7 Å².